The lowest BCUT2D eigenvalue weighted by Crippen LogP contribution is -2.51. The van der Waals surface area contributed by atoms with E-state index in [1.807, 2.05) is 0 Å². The largest absolute Gasteiger partial charge is 0.467 e. The number of nitrogens with zero attached hydrogens (tertiary/aromatic N) is 2. The maximum Gasteiger partial charge on any atom is 0.360 e. The van der Waals surface area contributed by atoms with E-state index >= 15 is 0 Å². The van der Waals surface area contributed by atoms with Gasteiger partial charge in [0.05, 0.1) is 32.8 Å². The Balaban J connectivity index is 2.16. The monoisotopic (exact) mass is 456 g/mol. The molecule has 2 fully saturated rings. The second-order valence-electron chi connectivity index (χ2n) is 6.82. The highest BCUT2D eigenvalue weighted by molar-refractivity contribution is 5.92. The lowest BCUT2D eigenvalue weighted by molar-refractivity contribution is -0.362. The molecule has 1 aromatic heterocycles. The van der Waals surface area contributed by atoms with Crippen LogP contribution in [0.5, 0.6) is 0 Å². The zero-order valence-electron chi connectivity index (χ0n) is 18.0. The molecule has 2 aliphatic heterocycles. The number of ether oxygens (including phenoxy) is 4. The summed E-state index contributed by atoms with van der Waals surface area (Å²) in [5.41, 5.74) is -2.08. The number of esters is 4. The van der Waals surface area contributed by atoms with E-state index in [0.29, 0.717) is 0 Å². The lowest BCUT2D eigenvalue weighted by Gasteiger charge is -2.29. The zero-order chi connectivity index (χ0) is 23.5. The highest BCUT2D eigenvalue weighted by Crippen LogP contribution is 2.53. The van der Waals surface area contributed by atoms with Crippen LogP contribution in [-0.2, 0) is 43.0 Å². The molecule has 32 heavy (non-hydrogen) atoms. The van der Waals surface area contributed by atoms with Gasteiger partial charge in [-0.15, -0.1) is 0 Å². The Morgan fingerprint density at radius 2 is 1.75 bits per heavy atom. The molecule has 3 heterocycles. The van der Waals surface area contributed by atoms with Gasteiger partial charge in [0.15, 0.2) is 23.4 Å². The second kappa shape index (κ2) is 9.63. The molecule has 0 bridgehead atoms. The first-order valence-corrected chi connectivity index (χ1v) is 10.0. The summed E-state index contributed by atoms with van der Waals surface area (Å²) in [7, 11) is 1.16. The molecule has 0 radical (unpaired) electrons. The van der Waals surface area contributed by atoms with Crippen molar-refractivity contribution in [1.29, 1.82) is 0 Å². The molecule has 1 aromatic rings. The molecular weight excluding hydrogens is 432 g/mol. The molecule has 3 rings (SSSR count). The minimum Gasteiger partial charge on any atom is -0.467 e. The van der Waals surface area contributed by atoms with Crippen molar-refractivity contribution in [2.45, 2.75) is 50.9 Å². The molecule has 2 aliphatic rings. The summed E-state index contributed by atoms with van der Waals surface area (Å²) in [5.74, 6) is -4.53. The number of aromatic nitrogens is 1. The Morgan fingerprint density at radius 3 is 2.38 bits per heavy atom. The summed E-state index contributed by atoms with van der Waals surface area (Å²) in [6.45, 7) is 4.85. The number of hydroxylamine groups is 2. The van der Waals surface area contributed by atoms with Crippen LogP contribution in [0.4, 0.5) is 0 Å². The Labute approximate surface area is 182 Å². The maximum absolute atomic E-state index is 13.2. The number of rotatable bonds is 8. The summed E-state index contributed by atoms with van der Waals surface area (Å²) < 4.78 is 25.0. The van der Waals surface area contributed by atoms with E-state index in [2.05, 4.69) is 5.16 Å². The molecule has 0 amide bonds. The normalized spacial score (nSPS) is 26.9. The quantitative estimate of drug-likeness (QED) is 0.389. The van der Waals surface area contributed by atoms with Gasteiger partial charge in [-0.2, -0.15) is 0 Å². The van der Waals surface area contributed by atoms with E-state index in [1.165, 1.54) is 0 Å². The average Bonchev–Trinajstić information content (AvgIpc) is 3.45. The van der Waals surface area contributed by atoms with Crippen molar-refractivity contribution < 1.29 is 52.3 Å². The molecule has 13 nitrogen and oxygen atoms in total. The van der Waals surface area contributed by atoms with Crippen molar-refractivity contribution in [1.82, 2.24) is 10.4 Å². The molecule has 13 heteroatoms. The fourth-order valence-corrected chi connectivity index (χ4v) is 3.82. The van der Waals surface area contributed by atoms with E-state index < -0.39 is 47.5 Å². The minimum absolute atomic E-state index is 0.0114. The van der Waals surface area contributed by atoms with Crippen molar-refractivity contribution in [3.63, 3.8) is 0 Å². The number of fused-ring (bicyclic) bond motifs is 1. The molecule has 2 saturated heterocycles. The molecule has 0 saturated carbocycles. The van der Waals surface area contributed by atoms with Gasteiger partial charge in [-0.1, -0.05) is 5.16 Å². The van der Waals surface area contributed by atoms with E-state index in [4.69, 9.17) is 33.1 Å². The summed E-state index contributed by atoms with van der Waals surface area (Å²) in [6.07, 6.45) is -1.87. The predicted octanol–water partition coefficient (Wildman–Crippen LogP) is 0.293. The van der Waals surface area contributed by atoms with Gasteiger partial charge in [-0.3, -0.25) is 9.68 Å². The third-order valence-corrected chi connectivity index (χ3v) is 5.08. The van der Waals surface area contributed by atoms with Gasteiger partial charge in [0.2, 0.25) is 0 Å². The number of carbonyl (C=O) groups is 4. The van der Waals surface area contributed by atoms with Gasteiger partial charge in [0.1, 0.15) is 6.26 Å². The van der Waals surface area contributed by atoms with Crippen molar-refractivity contribution in [2.75, 3.05) is 26.9 Å². The average molecular weight is 456 g/mol. The van der Waals surface area contributed by atoms with Crippen LogP contribution in [-0.4, -0.2) is 78.9 Å². The SMILES string of the molecule is CCOC(=O)c1nocc1[C@@H]1[C@@H](C(=O)OCC)ON2O[C@@H](C(=O)OC)C[C@]12C(=O)OCC. The highest BCUT2D eigenvalue weighted by atomic mass is 17.0. The number of methoxy groups -OCH3 is 1. The lowest BCUT2D eigenvalue weighted by atomic mass is 9.74. The first-order valence-electron chi connectivity index (χ1n) is 10.0. The summed E-state index contributed by atoms with van der Waals surface area (Å²) >= 11 is 0. The number of carbonyl (C=O) groups excluding carboxylic acids is 4. The van der Waals surface area contributed by atoms with Crippen LogP contribution < -0.4 is 0 Å². The van der Waals surface area contributed by atoms with E-state index in [9.17, 15) is 19.2 Å². The van der Waals surface area contributed by atoms with Gasteiger partial charge in [-0.25, -0.2) is 19.2 Å². The van der Waals surface area contributed by atoms with E-state index in [-0.39, 0.29) is 37.5 Å². The smallest absolute Gasteiger partial charge is 0.360 e. The van der Waals surface area contributed by atoms with Crippen LogP contribution in [0.3, 0.4) is 0 Å². The molecule has 0 aromatic carbocycles. The van der Waals surface area contributed by atoms with Gasteiger partial charge in [-0.05, 0) is 26.0 Å². The predicted molar refractivity (Wildman–Crippen MR) is 99.4 cm³/mol. The first-order chi connectivity index (χ1) is 15.3. The van der Waals surface area contributed by atoms with Crippen molar-refractivity contribution in [3.8, 4) is 0 Å². The Morgan fingerprint density at radius 1 is 1.06 bits per heavy atom. The van der Waals surface area contributed by atoms with E-state index in [0.717, 1.165) is 18.6 Å². The van der Waals surface area contributed by atoms with Gasteiger partial charge >= 0.3 is 23.9 Å². The fourth-order valence-electron chi connectivity index (χ4n) is 3.82. The van der Waals surface area contributed by atoms with E-state index in [1.54, 1.807) is 20.8 Å². The summed E-state index contributed by atoms with van der Waals surface area (Å²) in [4.78, 5) is 61.7. The fraction of sp³-hybridized carbons (Fsp3) is 0.632. The van der Waals surface area contributed by atoms with Gasteiger partial charge in [0, 0.05) is 12.0 Å². The van der Waals surface area contributed by atoms with Crippen LogP contribution >= 0.6 is 0 Å². The Kier molecular flexibility index (Phi) is 7.11. The minimum atomic E-state index is -1.85. The second-order valence-corrected chi connectivity index (χ2v) is 6.82. The Bertz CT molecular complexity index is 884. The van der Waals surface area contributed by atoms with Gasteiger partial charge < -0.3 is 23.5 Å². The van der Waals surface area contributed by atoms with Crippen molar-refractivity contribution in [3.05, 3.63) is 17.5 Å². The molecular formula is C19H24N2O11. The molecule has 0 aliphatic carbocycles. The topological polar surface area (TPSA) is 153 Å². The highest BCUT2D eigenvalue weighted by Gasteiger charge is 2.71. The zero-order valence-corrected chi connectivity index (χ0v) is 18.0. The van der Waals surface area contributed by atoms with Crippen molar-refractivity contribution >= 4 is 23.9 Å². The number of hydrogen-bond acceptors (Lipinski definition) is 13. The summed E-state index contributed by atoms with van der Waals surface area (Å²) in [6, 6.07) is 0. The third-order valence-electron chi connectivity index (χ3n) is 5.08. The van der Waals surface area contributed by atoms with Crippen molar-refractivity contribution in [2.24, 2.45) is 0 Å². The molecule has 176 valence electrons. The molecule has 0 spiro atoms. The van der Waals surface area contributed by atoms with Crippen LogP contribution in [0.25, 0.3) is 0 Å². The molecule has 0 unspecified atom stereocenters. The Hall–Kier alpha value is -3.03. The first kappa shape index (κ1) is 23.6. The molecule has 4 atom stereocenters. The van der Waals surface area contributed by atoms with Gasteiger partial charge in [0.25, 0.3) is 0 Å². The van der Waals surface area contributed by atoms with Crippen LogP contribution in [0, 0.1) is 0 Å². The van der Waals surface area contributed by atoms with Crippen LogP contribution in [0.1, 0.15) is 49.2 Å². The molecule has 0 N–H and O–H groups in total. The number of hydrogen-bond donors (Lipinski definition) is 0. The standard InChI is InChI=1S/C19H24N2O11/c1-5-27-16(23)13-10(9-30-20-13)12-14(17(24)28-6-2)32-21-19(12,18(25)29-7-3)8-11(31-21)15(22)26-4/h9,11-12,14H,5-8H2,1-4H3/t11-,12-,14+,19-/m1/s1. The summed E-state index contributed by atoms with van der Waals surface area (Å²) in [5, 5.41) is 4.43. The van der Waals surface area contributed by atoms with Crippen LogP contribution in [0.2, 0.25) is 0 Å². The third kappa shape index (κ3) is 3.82. The van der Waals surface area contributed by atoms with Crippen LogP contribution in [0.15, 0.2) is 10.8 Å². The maximum atomic E-state index is 13.2.